The van der Waals surface area contributed by atoms with E-state index in [1.807, 2.05) is 31.2 Å². The predicted molar refractivity (Wildman–Crippen MR) is 89.6 cm³/mol. The second-order valence-corrected chi connectivity index (χ2v) is 5.92. The van der Waals surface area contributed by atoms with Gasteiger partial charge in [0.05, 0.1) is 11.9 Å². The van der Waals surface area contributed by atoms with Crippen molar-refractivity contribution in [2.45, 2.75) is 19.8 Å². The number of nitrogens with zero attached hydrogens (tertiary/aromatic N) is 2. The molecular formula is C17H20N4O2. The largest absolute Gasteiger partial charge is 0.370 e. The van der Waals surface area contributed by atoms with Crippen LogP contribution in [0.3, 0.4) is 0 Å². The van der Waals surface area contributed by atoms with Gasteiger partial charge < -0.3 is 10.2 Å². The fourth-order valence-electron chi connectivity index (χ4n) is 2.82. The quantitative estimate of drug-likeness (QED) is 0.908. The summed E-state index contributed by atoms with van der Waals surface area (Å²) in [5.41, 5.74) is 2.61. The molecule has 1 amide bonds. The van der Waals surface area contributed by atoms with E-state index in [1.54, 1.807) is 12.3 Å². The molecule has 1 aromatic carbocycles. The molecule has 1 fully saturated rings. The third-order valence-corrected chi connectivity index (χ3v) is 4.20. The molecule has 6 heteroatoms. The predicted octanol–water partition coefficient (Wildman–Crippen LogP) is 1.93. The lowest BCUT2D eigenvalue weighted by molar-refractivity contribution is -0.120. The molecule has 0 atom stereocenters. The van der Waals surface area contributed by atoms with Gasteiger partial charge in [-0.05, 0) is 31.9 Å². The minimum atomic E-state index is -0.207. The average Bonchev–Trinajstić information content (AvgIpc) is 2.57. The first-order valence-corrected chi connectivity index (χ1v) is 7.79. The maximum atomic E-state index is 12.4. The second kappa shape index (κ2) is 6.64. The van der Waals surface area contributed by atoms with Crippen molar-refractivity contribution < 1.29 is 4.79 Å². The fourth-order valence-corrected chi connectivity index (χ4v) is 2.82. The highest BCUT2D eigenvalue weighted by atomic mass is 16.2. The lowest BCUT2D eigenvalue weighted by atomic mass is 9.95. The van der Waals surface area contributed by atoms with E-state index in [0.717, 1.165) is 37.3 Å². The van der Waals surface area contributed by atoms with Gasteiger partial charge in [-0.15, -0.1) is 0 Å². The van der Waals surface area contributed by atoms with Gasteiger partial charge in [0.15, 0.2) is 0 Å². The van der Waals surface area contributed by atoms with E-state index >= 15 is 0 Å². The number of carbonyl (C=O) groups excluding carboxylic acids is 1. The number of hydrogen-bond donors (Lipinski definition) is 2. The SMILES string of the molecule is Cc1ccc(NC(=O)C2CCN(c3cn[nH]c(=O)c3)CC2)cc1. The summed E-state index contributed by atoms with van der Waals surface area (Å²) in [6.07, 6.45) is 3.18. The highest BCUT2D eigenvalue weighted by Crippen LogP contribution is 2.23. The van der Waals surface area contributed by atoms with E-state index in [1.165, 1.54) is 5.56 Å². The lowest BCUT2D eigenvalue weighted by Crippen LogP contribution is -2.38. The number of aryl methyl sites for hydroxylation is 1. The van der Waals surface area contributed by atoms with Crippen molar-refractivity contribution in [2.24, 2.45) is 5.92 Å². The molecule has 0 radical (unpaired) electrons. The molecule has 0 saturated carbocycles. The molecule has 2 heterocycles. The van der Waals surface area contributed by atoms with Crippen LogP contribution in [-0.4, -0.2) is 29.2 Å². The first kappa shape index (κ1) is 15.3. The van der Waals surface area contributed by atoms with Crippen molar-refractivity contribution in [3.63, 3.8) is 0 Å². The van der Waals surface area contributed by atoms with Crippen molar-refractivity contribution in [3.8, 4) is 0 Å². The van der Waals surface area contributed by atoms with Gasteiger partial charge in [0.2, 0.25) is 5.91 Å². The number of amides is 1. The van der Waals surface area contributed by atoms with Crippen molar-refractivity contribution in [1.82, 2.24) is 10.2 Å². The Labute approximate surface area is 134 Å². The summed E-state index contributed by atoms with van der Waals surface area (Å²) in [6, 6.07) is 9.35. The van der Waals surface area contributed by atoms with Gasteiger partial charge in [-0.1, -0.05) is 17.7 Å². The van der Waals surface area contributed by atoms with Gasteiger partial charge in [0.1, 0.15) is 0 Å². The maximum Gasteiger partial charge on any atom is 0.266 e. The van der Waals surface area contributed by atoms with Crippen LogP contribution in [0.25, 0.3) is 0 Å². The Morgan fingerprint density at radius 3 is 2.61 bits per heavy atom. The second-order valence-electron chi connectivity index (χ2n) is 5.92. The fraction of sp³-hybridized carbons (Fsp3) is 0.353. The van der Waals surface area contributed by atoms with Crippen LogP contribution in [0.2, 0.25) is 0 Å². The standard InChI is InChI=1S/C17H20N4O2/c1-12-2-4-14(5-3-12)19-17(23)13-6-8-21(9-7-13)15-10-16(22)20-18-11-15/h2-5,10-11,13H,6-9H2,1H3,(H,19,23)(H,20,22). The molecule has 2 aromatic rings. The molecule has 6 nitrogen and oxygen atoms in total. The summed E-state index contributed by atoms with van der Waals surface area (Å²) in [5, 5.41) is 9.17. The van der Waals surface area contributed by atoms with Crippen LogP contribution < -0.4 is 15.8 Å². The van der Waals surface area contributed by atoms with E-state index in [4.69, 9.17) is 0 Å². The topological polar surface area (TPSA) is 78.1 Å². The summed E-state index contributed by atoms with van der Waals surface area (Å²) in [5.74, 6) is 0.0695. The minimum Gasteiger partial charge on any atom is -0.370 e. The van der Waals surface area contributed by atoms with Gasteiger partial charge in [0.25, 0.3) is 5.56 Å². The van der Waals surface area contributed by atoms with E-state index < -0.39 is 0 Å². The Kier molecular flexibility index (Phi) is 4.41. The van der Waals surface area contributed by atoms with Crippen molar-refractivity contribution in [3.05, 3.63) is 52.4 Å². The number of nitrogens with one attached hydrogen (secondary N) is 2. The van der Waals surface area contributed by atoms with Crippen LogP contribution in [0, 0.1) is 12.8 Å². The van der Waals surface area contributed by atoms with Crippen molar-refractivity contribution >= 4 is 17.3 Å². The molecular weight excluding hydrogens is 292 g/mol. The van der Waals surface area contributed by atoms with Crippen LogP contribution in [0.4, 0.5) is 11.4 Å². The molecule has 0 aliphatic carbocycles. The van der Waals surface area contributed by atoms with Crippen molar-refractivity contribution in [1.29, 1.82) is 0 Å². The Morgan fingerprint density at radius 1 is 1.26 bits per heavy atom. The molecule has 1 aliphatic rings. The summed E-state index contributed by atoms with van der Waals surface area (Å²) < 4.78 is 0. The maximum absolute atomic E-state index is 12.4. The van der Waals surface area contributed by atoms with E-state index in [9.17, 15) is 9.59 Å². The Balaban J connectivity index is 1.57. The number of rotatable bonds is 3. The zero-order valence-electron chi connectivity index (χ0n) is 13.1. The van der Waals surface area contributed by atoms with Gasteiger partial charge in [-0.2, -0.15) is 5.10 Å². The van der Waals surface area contributed by atoms with Gasteiger partial charge >= 0.3 is 0 Å². The number of hydrogen-bond acceptors (Lipinski definition) is 4. The van der Waals surface area contributed by atoms with Crippen LogP contribution >= 0.6 is 0 Å². The van der Waals surface area contributed by atoms with Gasteiger partial charge in [0, 0.05) is 30.8 Å². The molecule has 3 rings (SSSR count). The third-order valence-electron chi connectivity index (χ3n) is 4.20. The Bertz CT molecular complexity index is 731. The number of aromatic nitrogens is 2. The number of aromatic amines is 1. The van der Waals surface area contributed by atoms with Gasteiger partial charge in [-0.3, -0.25) is 9.59 Å². The van der Waals surface area contributed by atoms with Crippen LogP contribution in [0.5, 0.6) is 0 Å². The normalized spacial score (nSPS) is 15.4. The smallest absolute Gasteiger partial charge is 0.266 e. The highest BCUT2D eigenvalue weighted by molar-refractivity contribution is 5.92. The first-order chi connectivity index (χ1) is 11.1. The zero-order valence-corrected chi connectivity index (χ0v) is 13.1. The Morgan fingerprint density at radius 2 is 1.96 bits per heavy atom. The van der Waals surface area contributed by atoms with Gasteiger partial charge in [-0.25, -0.2) is 5.10 Å². The number of benzene rings is 1. The van der Waals surface area contributed by atoms with E-state index in [0.29, 0.717) is 0 Å². The third kappa shape index (κ3) is 3.77. The summed E-state index contributed by atoms with van der Waals surface area (Å²) in [6.45, 7) is 3.51. The first-order valence-electron chi connectivity index (χ1n) is 7.79. The summed E-state index contributed by atoms with van der Waals surface area (Å²) in [4.78, 5) is 25.8. The molecule has 2 N–H and O–H groups in total. The van der Waals surface area contributed by atoms with E-state index in [2.05, 4.69) is 20.4 Å². The van der Waals surface area contributed by atoms with Crippen LogP contribution in [0.15, 0.2) is 41.3 Å². The number of piperidine rings is 1. The highest BCUT2D eigenvalue weighted by Gasteiger charge is 2.25. The number of H-pyrrole nitrogens is 1. The van der Waals surface area contributed by atoms with E-state index in [-0.39, 0.29) is 17.4 Å². The molecule has 0 spiro atoms. The number of carbonyl (C=O) groups is 1. The lowest BCUT2D eigenvalue weighted by Gasteiger charge is -2.32. The number of anilines is 2. The molecule has 1 aliphatic heterocycles. The monoisotopic (exact) mass is 312 g/mol. The molecule has 0 unspecified atom stereocenters. The zero-order chi connectivity index (χ0) is 16.2. The molecule has 120 valence electrons. The summed E-state index contributed by atoms with van der Waals surface area (Å²) >= 11 is 0. The Hall–Kier alpha value is -2.63. The summed E-state index contributed by atoms with van der Waals surface area (Å²) in [7, 11) is 0. The molecule has 0 bridgehead atoms. The van der Waals surface area contributed by atoms with Crippen LogP contribution in [-0.2, 0) is 4.79 Å². The van der Waals surface area contributed by atoms with Crippen molar-refractivity contribution in [2.75, 3.05) is 23.3 Å². The molecule has 23 heavy (non-hydrogen) atoms. The average molecular weight is 312 g/mol. The van der Waals surface area contributed by atoms with Crippen LogP contribution in [0.1, 0.15) is 18.4 Å². The minimum absolute atomic E-state index is 0.00232. The molecule has 1 saturated heterocycles. The molecule has 1 aromatic heterocycles.